The summed E-state index contributed by atoms with van der Waals surface area (Å²) in [5.74, 6) is 0.753. The molecule has 0 fully saturated rings. The van der Waals surface area contributed by atoms with Crippen molar-refractivity contribution in [3.8, 4) is 5.75 Å². The minimum absolute atomic E-state index is 0.0186. The highest BCUT2D eigenvalue weighted by atomic mass is 16.5. The van der Waals surface area contributed by atoms with Crippen LogP contribution >= 0.6 is 0 Å². The lowest BCUT2D eigenvalue weighted by Gasteiger charge is -2.25. The first kappa shape index (κ1) is 16.3. The van der Waals surface area contributed by atoms with E-state index in [1.54, 1.807) is 0 Å². The zero-order valence-corrected chi connectivity index (χ0v) is 14.4. The summed E-state index contributed by atoms with van der Waals surface area (Å²) in [7, 11) is 0. The third-order valence-electron chi connectivity index (χ3n) is 3.76. The molecule has 3 heteroatoms. The number of carbonyl (C=O) groups excluding carboxylic acids is 1. The van der Waals surface area contributed by atoms with Gasteiger partial charge in [-0.05, 0) is 65.3 Å². The van der Waals surface area contributed by atoms with Gasteiger partial charge in [0.15, 0.2) is 6.61 Å². The second-order valence-electron chi connectivity index (χ2n) is 6.82. The summed E-state index contributed by atoms with van der Waals surface area (Å²) >= 11 is 0. The molecule has 1 heterocycles. The highest BCUT2D eigenvalue weighted by Gasteiger charge is 2.22. The molecular formula is C19H25NO2. The average molecular weight is 299 g/mol. The second kappa shape index (κ2) is 5.99. The van der Waals surface area contributed by atoms with E-state index >= 15 is 0 Å². The number of Topliss-reactive ketones (excluding diaryl/α,β-unsaturated/α-hetero) is 1. The van der Waals surface area contributed by atoms with Gasteiger partial charge in [0, 0.05) is 22.5 Å². The predicted octanol–water partition coefficient (Wildman–Crippen LogP) is 4.43. The van der Waals surface area contributed by atoms with Crippen molar-refractivity contribution in [3.63, 3.8) is 0 Å². The van der Waals surface area contributed by atoms with E-state index in [1.807, 2.05) is 51.1 Å². The van der Waals surface area contributed by atoms with Crippen molar-refractivity contribution in [3.05, 3.63) is 52.8 Å². The molecule has 0 amide bonds. The van der Waals surface area contributed by atoms with E-state index in [4.69, 9.17) is 4.74 Å². The van der Waals surface area contributed by atoms with Crippen LogP contribution in [0.5, 0.6) is 5.75 Å². The van der Waals surface area contributed by atoms with Crippen molar-refractivity contribution < 1.29 is 9.53 Å². The molecule has 1 aromatic carbocycles. The van der Waals surface area contributed by atoms with Gasteiger partial charge in [-0.3, -0.25) is 4.79 Å². The number of rotatable bonds is 4. The third-order valence-corrected chi connectivity index (χ3v) is 3.76. The Hall–Kier alpha value is -2.03. The van der Waals surface area contributed by atoms with E-state index in [-0.39, 0.29) is 17.9 Å². The van der Waals surface area contributed by atoms with Gasteiger partial charge >= 0.3 is 0 Å². The molecule has 0 N–H and O–H groups in total. The van der Waals surface area contributed by atoms with Gasteiger partial charge in [-0.1, -0.05) is 12.1 Å². The van der Waals surface area contributed by atoms with Crippen LogP contribution in [0.4, 0.5) is 0 Å². The molecule has 0 saturated carbocycles. The molecule has 2 rings (SSSR count). The van der Waals surface area contributed by atoms with Crippen LogP contribution in [0.25, 0.3) is 0 Å². The number of carbonyl (C=O) groups is 1. The van der Waals surface area contributed by atoms with E-state index < -0.39 is 0 Å². The number of ketones is 1. The summed E-state index contributed by atoms with van der Waals surface area (Å²) in [5.41, 5.74) is 3.94. The fraction of sp³-hybridized carbons (Fsp3) is 0.421. The first-order valence-electron chi connectivity index (χ1n) is 7.62. The Morgan fingerprint density at radius 3 is 2.36 bits per heavy atom. The van der Waals surface area contributed by atoms with E-state index in [1.165, 1.54) is 0 Å². The minimum Gasteiger partial charge on any atom is -0.485 e. The second-order valence-corrected chi connectivity index (χ2v) is 6.82. The molecule has 0 aliphatic carbocycles. The Morgan fingerprint density at radius 1 is 1.14 bits per heavy atom. The molecule has 3 nitrogen and oxygen atoms in total. The van der Waals surface area contributed by atoms with E-state index in [0.29, 0.717) is 0 Å². The van der Waals surface area contributed by atoms with Gasteiger partial charge in [0.25, 0.3) is 0 Å². The molecule has 0 aliphatic rings. The van der Waals surface area contributed by atoms with Crippen molar-refractivity contribution in [1.82, 2.24) is 4.57 Å². The molecule has 0 spiro atoms. The standard InChI is InChI=1S/C19H25NO2/c1-13-8-7-9-16(10-13)22-12-18(21)17-11-14(2)20(15(17)3)19(4,5)6/h7-11H,12H2,1-6H3. The van der Waals surface area contributed by atoms with Gasteiger partial charge in [0.2, 0.25) is 5.78 Å². The predicted molar refractivity (Wildman–Crippen MR) is 89.9 cm³/mol. The minimum atomic E-state index is -0.0376. The van der Waals surface area contributed by atoms with Crippen LogP contribution in [0.1, 0.15) is 48.1 Å². The van der Waals surface area contributed by atoms with E-state index in [9.17, 15) is 4.79 Å². The zero-order chi connectivity index (χ0) is 16.5. The molecule has 22 heavy (non-hydrogen) atoms. The van der Waals surface area contributed by atoms with Gasteiger partial charge in [0.05, 0.1) is 0 Å². The molecule has 0 radical (unpaired) electrons. The Morgan fingerprint density at radius 2 is 1.82 bits per heavy atom. The van der Waals surface area contributed by atoms with Crippen molar-refractivity contribution in [2.45, 2.75) is 47.1 Å². The van der Waals surface area contributed by atoms with Crippen LogP contribution in [0.15, 0.2) is 30.3 Å². The summed E-state index contributed by atoms with van der Waals surface area (Å²) in [6.07, 6.45) is 0. The Balaban J connectivity index is 2.17. The van der Waals surface area contributed by atoms with Crippen LogP contribution in [0.2, 0.25) is 0 Å². The van der Waals surface area contributed by atoms with Crippen molar-refractivity contribution in [2.75, 3.05) is 6.61 Å². The maximum Gasteiger partial charge on any atom is 0.202 e. The Kier molecular flexibility index (Phi) is 4.45. The van der Waals surface area contributed by atoms with Crippen LogP contribution in [0.3, 0.4) is 0 Å². The fourth-order valence-corrected chi connectivity index (χ4v) is 3.01. The van der Waals surface area contributed by atoms with Crippen molar-refractivity contribution in [2.24, 2.45) is 0 Å². The smallest absolute Gasteiger partial charge is 0.202 e. The number of ether oxygens (including phenoxy) is 1. The van der Waals surface area contributed by atoms with Gasteiger partial charge in [0.1, 0.15) is 5.75 Å². The molecule has 0 bridgehead atoms. The number of aryl methyl sites for hydroxylation is 2. The van der Waals surface area contributed by atoms with Crippen LogP contribution in [-0.2, 0) is 5.54 Å². The zero-order valence-electron chi connectivity index (χ0n) is 14.4. The molecule has 2 aromatic rings. The van der Waals surface area contributed by atoms with Crippen molar-refractivity contribution in [1.29, 1.82) is 0 Å². The molecule has 0 saturated heterocycles. The van der Waals surface area contributed by atoms with Gasteiger partial charge in [-0.15, -0.1) is 0 Å². The normalized spacial score (nSPS) is 11.5. The van der Waals surface area contributed by atoms with Crippen LogP contribution in [-0.4, -0.2) is 17.0 Å². The number of hydrogen-bond acceptors (Lipinski definition) is 2. The molecule has 118 valence electrons. The first-order chi connectivity index (χ1) is 10.2. The lowest BCUT2D eigenvalue weighted by Crippen LogP contribution is -2.24. The summed E-state index contributed by atoms with van der Waals surface area (Å²) in [6, 6.07) is 9.71. The Labute approximate surface area is 132 Å². The SMILES string of the molecule is Cc1cccc(OCC(=O)c2cc(C)n(C(C)(C)C)c2C)c1. The summed E-state index contributed by atoms with van der Waals surface area (Å²) in [5, 5.41) is 0. The van der Waals surface area contributed by atoms with E-state index in [2.05, 4.69) is 25.3 Å². The average Bonchev–Trinajstić information content (AvgIpc) is 2.71. The summed E-state index contributed by atoms with van der Waals surface area (Å²) in [4.78, 5) is 12.5. The van der Waals surface area contributed by atoms with Gasteiger partial charge in [-0.25, -0.2) is 0 Å². The number of aromatic nitrogens is 1. The summed E-state index contributed by atoms with van der Waals surface area (Å²) < 4.78 is 7.84. The van der Waals surface area contributed by atoms with Crippen LogP contribution in [0, 0.1) is 20.8 Å². The molecular weight excluding hydrogens is 274 g/mol. The van der Waals surface area contributed by atoms with Crippen LogP contribution < -0.4 is 4.74 Å². The molecule has 0 atom stereocenters. The number of hydrogen-bond donors (Lipinski definition) is 0. The monoisotopic (exact) mass is 299 g/mol. The molecule has 1 aromatic heterocycles. The Bertz CT molecular complexity index is 690. The quantitative estimate of drug-likeness (QED) is 0.782. The molecule has 0 unspecified atom stereocenters. The maximum atomic E-state index is 12.5. The fourth-order valence-electron chi connectivity index (χ4n) is 3.01. The van der Waals surface area contributed by atoms with Gasteiger partial charge in [-0.2, -0.15) is 0 Å². The first-order valence-corrected chi connectivity index (χ1v) is 7.62. The molecule has 0 aliphatic heterocycles. The lowest BCUT2D eigenvalue weighted by atomic mass is 10.1. The van der Waals surface area contributed by atoms with Crippen molar-refractivity contribution >= 4 is 5.78 Å². The summed E-state index contributed by atoms with van der Waals surface area (Å²) in [6.45, 7) is 12.5. The highest BCUT2D eigenvalue weighted by molar-refractivity contribution is 5.98. The van der Waals surface area contributed by atoms with E-state index in [0.717, 1.165) is 28.3 Å². The maximum absolute atomic E-state index is 12.5. The topological polar surface area (TPSA) is 31.2 Å². The largest absolute Gasteiger partial charge is 0.485 e. The third kappa shape index (κ3) is 3.41. The highest BCUT2D eigenvalue weighted by Crippen LogP contribution is 2.25. The van der Waals surface area contributed by atoms with Gasteiger partial charge < -0.3 is 9.30 Å². The number of benzene rings is 1. The number of nitrogens with zero attached hydrogens (tertiary/aromatic N) is 1. The lowest BCUT2D eigenvalue weighted by molar-refractivity contribution is 0.0920.